The van der Waals surface area contributed by atoms with E-state index in [9.17, 15) is 18.0 Å². The first-order valence-electron chi connectivity index (χ1n) is 10.5. The molecule has 0 saturated carbocycles. The highest BCUT2D eigenvalue weighted by Gasteiger charge is 2.27. The summed E-state index contributed by atoms with van der Waals surface area (Å²) in [4.78, 5) is 29.7. The Morgan fingerprint density at radius 1 is 0.939 bits per heavy atom. The smallest absolute Gasteiger partial charge is 0.244 e. The molecular formula is C24H23N3O4S2. The Morgan fingerprint density at radius 2 is 1.64 bits per heavy atom. The molecule has 1 aliphatic rings. The van der Waals surface area contributed by atoms with E-state index in [1.807, 2.05) is 6.07 Å². The number of pyridine rings is 1. The molecule has 0 aliphatic carbocycles. The summed E-state index contributed by atoms with van der Waals surface area (Å²) in [6.45, 7) is 1.07. The first-order chi connectivity index (χ1) is 15.9. The minimum Gasteiger partial charge on any atom is -0.325 e. The van der Waals surface area contributed by atoms with Gasteiger partial charge >= 0.3 is 0 Å². The van der Waals surface area contributed by atoms with Gasteiger partial charge in [-0.05, 0) is 37.1 Å². The average Bonchev–Trinajstić information content (AvgIpc) is 3.40. The number of para-hydroxylation sites is 1. The van der Waals surface area contributed by atoms with Crippen LogP contribution in [0.15, 0.2) is 82.8 Å². The Morgan fingerprint density at radius 3 is 2.33 bits per heavy atom. The van der Waals surface area contributed by atoms with E-state index in [0.717, 1.165) is 12.8 Å². The van der Waals surface area contributed by atoms with Crippen molar-refractivity contribution in [3.05, 3.63) is 84.1 Å². The zero-order valence-corrected chi connectivity index (χ0v) is 19.4. The fraction of sp³-hybridized carbons (Fsp3) is 0.208. The van der Waals surface area contributed by atoms with Gasteiger partial charge in [-0.3, -0.25) is 9.59 Å². The molecule has 3 aromatic rings. The number of thioether (sulfide) groups is 1. The van der Waals surface area contributed by atoms with E-state index in [2.05, 4.69) is 10.3 Å². The standard InChI is InChI=1S/C24H23N3O4S2/c28-22(26-21-11-5-4-10-20(21)24(29)18-8-2-1-3-9-18)17-32-23-13-12-19(16-25-23)33(30,31)27-14-6-7-15-27/h1-5,8-13,16H,6-7,14-15,17H2,(H,26,28). The lowest BCUT2D eigenvalue weighted by Gasteiger charge is -2.15. The molecule has 9 heteroatoms. The summed E-state index contributed by atoms with van der Waals surface area (Å²) in [6, 6.07) is 18.9. The van der Waals surface area contributed by atoms with Crippen molar-refractivity contribution < 1.29 is 18.0 Å². The van der Waals surface area contributed by atoms with Gasteiger partial charge in [0.05, 0.1) is 16.5 Å². The lowest BCUT2D eigenvalue weighted by Crippen LogP contribution is -2.27. The zero-order chi connectivity index (χ0) is 23.3. The number of carbonyl (C=O) groups is 2. The summed E-state index contributed by atoms with van der Waals surface area (Å²) in [5.41, 5.74) is 1.40. The predicted molar refractivity (Wildman–Crippen MR) is 128 cm³/mol. The van der Waals surface area contributed by atoms with Gasteiger partial charge in [0.1, 0.15) is 4.90 Å². The van der Waals surface area contributed by atoms with E-state index < -0.39 is 10.0 Å². The SMILES string of the molecule is O=C(CSc1ccc(S(=O)(=O)N2CCCC2)cn1)Nc1ccccc1C(=O)c1ccccc1. The minimum absolute atomic E-state index is 0.0685. The minimum atomic E-state index is -3.51. The van der Waals surface area contributed by atoms with Crippen molar-refractivity contribution in [2.45, 2.75) is 22.8 Å². The molecular weight excluding hydrogens is 458 g/mol. The Balaban J connectivity index is 1.38. The van der Waals surface area contributed by atoms with Crippen LogP contribution in [0.25, 0.3) is 0 Å². The summed E-state index contributed by atoms with van der Waals surface area (Å²) in [5.74, 6) is -0.390. The predicted octanol–water partition coefficient (Wildman–Crippen LogP) is 3.83. The molecule has 0 radical (unpaired) electrons. The van der Waals surface area contributed by atoms with Crippen LogP contribution in [0, 0.1) is 0 Å². The van der Waals surface area contributed by atoms with Gasteiger partial charge in [0.2, 0.25) is 15.9 Å². The van der Waals surface area contributed by atoms with Gasteiger partial charge in [-0.1, -0.05) is 54.2 Å². The number of sulfonamides is 1. The van der Waals surface area contributed by atoms with Crippen LogP contribution in [0.1, 0.15) is 28.8 Å². The van der Waals surface area contributed by atoms with E-state index in [1.54, 1.807) is 54.6 Å². The molecule has 33 heavy (non-hydrogen) atoms. The fourth-order valence-corrected chi connectivity index (χ4v) is 5.65. The number of anilines is 1. The quantitative estimate of drug-likeness (QED) is 0.388. The number of rotatable bonds is 8. The van der Waals surface area contributed by atoms with Crippen LogP contribution in [-0.2, 0) is 14.8 Å². The number of hydrogen-bond donors (Lipinski definition) is 1. The molecule has 2 aromatic carbocycles. The lowest BCUT2D eigenvalue weighted by molar-refractivity contribution is -0.113. The molecule has 2 heterocycles. The van der Waals surface area contributed by atoms with Gasteiger partial charge in [0, 0.05) is 30.4 Å². The molecule has 4 rings (SSSR count). The first-order valence-corrected chi connectivity index (χ1v) is 13.0. The number of amides is 1. The molecule has 1 amide bonds. The van der Waals surface area contributed by atoms with Crippen LogP contribution < -0.4 is 5.32 Å². The Hall–Kier alpha value is -3.01. The third kappa shape index (κ3) is 5.50. The fourth-order valence-electron chi connectivity index (χ4n) is 3.54. The monoisotopic (exact) mass is 481 g/mol. The second-order valence-electron chi connectivity index (χ2n) is 7.52. The number of nitrogens with one attached hydrogen (secondary N) is 1. The highest BCUT2D eigenvalue weighted by Crippen LogP contribution is 2.24. The lowest BCUT2D eigenvalue weighted by atomic mass is 10.0. The first kappa shape index (κ1) is 23.2. The maximum absolute atomic E-state index is 12.8. The van der Waals surface area contributed by atoms with Crippen molar-refractivity contribution in [2.75, 3.05) is 24.2 Å². The molecule has 0 bridgehead atoms. The molecule has 170 valence electrons. The number of benzene rings is 2. The van der Waals surface area contributed by atoms with E-state index >= 15 is 0 Å². The van der Waals surface area contributed by atoms with Gasteiger partial charge in [0.25, 0.3) is 0 Å². The van der Waals surface area contributed by atoms with E-state index in [4.69, 9.17) is 0 Å². The summed E-state index contributed by atoms with van der Waals surface area (Å²) >= 11 is 1.19. The Kier molecular flexibility index (Phi) is 7.22. The van der Waals surface area contributed by atoms with Crippen LogP contribution in [0.2, 0.25) is 0 Å². The second-order valence-corrected chi connectivity index (χ2v) is 10.5. The average molecular weight is 482 g/mol. The molecule has 1 N–H and O–H groups in total. The van der Waals surface area contributed by atoms with Crippen LogP contribution in [0.5, 0.6) is 0 Å². The molecule has 1 fully saturated rings. The molecule has 0 spiro atoms. The maximum Gasteiger partial charge on any atom is 0.244 e. The third-order valence-corrected chi connectivity index (χ3v) is 8.07. The van der Waals surface area contributed by atoms with Gasteiger partial charge in [0.15, 0.2) is 5.78 Å². The number of hydrogen-bond acceptors (Lipinski definition) is 6. The van der Waals surface area contributed by atoms with Crippen molar-refractivity contribution in [3.63, 3.8) is 0 Å². The largest absolute Gasteiger partial charge is 0.325 e. The molecule has 1 aliphatic heterocycles. The van der Waals surface area contributed by atoms with Crippen molar-refractivity contribution >= 4 is 39.2 Å². The van der Waals surface area contributed by atoms with E-state index in [1.165, 1.54) is 28.3 Å². The summed E-state index contributed by atoms with van der Waals surface area (Å²) in [5, 5.41) is 3.33. The highest BCUT2D eigenvalue weighted by atomic mass is 32.2. The molecule has 1 saturated heterocycles. The molecule has 7 nitrogen and oxygen atoms in total. The van der Waals surface area contributed by atoms with Crippen molar-refractivity contribution in [3.8, 4) is 0 Å². The molecule has 0 unspecified atom stereocenters. The summed E-state index contributed by atoms with van der Waals surface area (Å²) in [7, 11) is -3.51. The van der Waals surface area contributed by atoms with Gasteiger partial charge in [-0.15, -0.1) is 0 Å². The van der Waals surface area contributed by atoms with Crippen LogP contribution in [0.3, 0.4) is 0 Å². The Bertz CT molecular complexity index is 1240. The number of nitrogens with zero attached hydrogens (tertiary/aromatic N) is 2. The van der Waals surface area contributed by atoms with Crippen molar-refractivity contribution in [1.29, 1.82) is 0 Å². The molecule has 1 aromatic heterocycles. The molecule has 0 atom stereocenters. The van der Waals surface area contributed by atoms with Crippen molar-refractivity contribution in [2.24, 2.45) is 0 Å². The third-order valence-electron chi connectivity index (χ3n) is 5.24. The zero-order valence-electron chi connectivity index (χ0n) is 17.8. The van der Waals surface area contributed by atoms with Gasteiger partial charge < -0.3 is 5.32 Å². The second kappa shape index (κ2) is 10.3. The highest BCUT2D eigenvalue weighted by molar-refractivity contribution is 7.99. The van der Waals surface area contributed by atoms with Crippen LogP contribution in [0.4, 0.5) is 5.69 Å². The number of carbonyl (C=O) groups excluding carboxylic acids is 2. The topological polar surface area (TPSA) is 96.4 Å². The van der Waals surface area contributed by atoms with E-state index in [-0.39, 0.29) is 22.3 Å². The summed E-state index contributed by atoms with van der Waals surface area (Å²) < 4.78 is 26.7. The summed E-state index contributed by atoms with van der Waals surface area (Å²) in [6.07, 6.45) is 3.08. The van der Waals surface area contributed by atoms with Gasteiger partial charge in [-0.2, -0.15) is 4.31 Å². The number of ketones is 1. The van der Waals surface area contributed by atoms with Gasteiger partial charge in [-0.25, -0.2) is 13.4 Å². The van der Waals surface area contributed by atoms with E-state index in [0.29, 0.717) is 34.9 Å². The maximum atomic E-state index is 12.8. The normalized spacial score (nSPS) is 14.2. The van der Waals surface area contributed by atoms with Crippen molar-refractivity contribution in [1.82, 2.24) is 9.29 Å². The number of aromatic nitrogens is 1. The van der Waals surface area contributed by atoms with Crippen LogP contribution >= 0.6 is 11.8 Å². The Labute approximate surface area is 197 Å². The van der Waals surface area contributed by atoms with Crippen LogP contribution in [-0.4, -0.2) is 48.2 Å².